The zero-order valence-electron chi connectivity index (χ0n) is 20.9. The molecule has 2 amide bonds. The Labute approximate surface area is 239 Å². The molecule has 0 spiro atoms. The summed E-state index contributed by atoms with van der Waals surface area (Å²) in [5.74, 6) is -0.444. The molecule has 0 aliphatic carbocycles. The summed E-state index contributed by atoms with van der Waals surface area (Å²) in [6, 6.07) is 25.3. The predicted molar refractivity (Wildman–Crippen MR) is 152 cm³/mol. The van der Waals surface area contributed by atoms with Gasteiger partial charge in [-0.1, -0.05) is 72.3 Å². The molecule has 5 rings (SSSR count). The molecule has 0 bridgehead atoms. The van der Waals surface area contributed by atoms with E-state index in [2.05, 4.69) is 5.32 Å². The van der Waals surface area contributed by atoms with E-state index >= 15 is 0 Å². The third-order valence-corrected chi connectivity index (χ3v) is 8.82. The highest BCUT2D eigenvalue weighted by atomic mass is 35.5. The SMILES string of the molecule is COC1=C(C(=O)OC(c2ccccc2)c2ccccc2)N2C(=O)C(NC(=O)CSc3ccc(Cl)cc3)[C@@H]2SC1. The van der Waals surface area contributed by atoms with Gasteiger partial charge in [0.15, 0.2) is 11.8 Å². The number of halogens is 1. The maximum Gasteiger partial charge on any atom is 0.359 e. The van der Waals surface area contributed by atoms with Crippen molar-refractivity contribution in [2.24, 2.45) is 0 Å². The van der Waals surface area contributed by atoms with E-state index in [-0.39, 0.29) is 23.3 Å². The van der Waals surface area contributed by atoms with Crippen molar-refractivity contribution in [1.82, 2.24) is 10.2 Å². The lowest BCUT2D eigenvalue weighted by Gasteiger charge is -2.49. The molecule has 2 heterocycles. The second kappa shape index (κ2) is 12.2. The second-order valence-electron chi connectivity index (χ2n) is 8.78. The Balaban J connectivity index is 1.29. The van der Waals surface area contributed by atoms with E-state index in [4.69, 9.17) is 21.1 Å². The van der Waals surface area contributed by atoms with Crippen molar-refractivity contribution in [3.8, 4) is 0 Å². The Hall–Kier alpha value is -3.40. The molecular formula is C29H25ClN2O5S2. The van der Waals surface area contributed by atoms with E-state index in [0.717, 1.165) is 16.0 Å². The van der Waals surface area contributed by atoms with E-state index in [0.29, 0.717) is 16.5 Å². The van der Waals surface area contributed by atoms with Gasteiger partial charge in [0.05, 0.1) is 18.6 Å². The highest BCUT2D eigenvalue weighted by molar-refractivity contribution is 8.00. The zero-order valence-corrected chi connectivity index (χ0v) is 23.3. The third kappa shape index (κ3) is 5.95. The average molecular weight is 581 g/mol. The summed E-state index contributed by atoms with van der Waals surface area (Å²) in [6.07, 6.45) is -0.671. The molecule has 2 aliphatic rings. The van der Waals surface area contributed by atoms with Crippen molar-refractivity contribution in [3.63, 3.8) is 0 Å². The number of nitrogens with zero attached hydrogens (tertiary/aromatic N) is 1. The van der Waals surface area contributed by atoms with Crippen LogP contribution in [0.5, 0.6) is 0 Å². The molecule has 7 nitrogen and oxygen atoms in total. The van der Waals surface area contributed by atoms with Crippen LogP contribution in [0.1, 0.15) is 17.2 Å². The summed E-state index contributed by atoms with van der Waals surface area (Å²) in [6.45, 7) is 0. The Morgan fingerprint density at radius 3 is 2.23 bits per heavy atom. The zero-order chi connectivity index (χ0) is 27.4. The summed E-state index contributed by atoms with van der Waals surface area (Å²) in [5.41, 5.74) is 1.68. The minimum absolute atomic E-state index is 0.0733. The van der Waals surface area contributed by atoms with Crippen molar-refractivity contribution >= 4 is 52.9 Å². The number of esters is 1. The minimum Gasteiger partial charge on any atom is -0.498 e. The number of benzene rings is 3. The standard InChI is InChI=1S/C29H25ClN2O5S2/c1-36-22-16-39-28-24(31-23(33)17-38-21-14-12-20(30)13-15-21)27(34)32(28)25(22)29(35)37-26(18-8-4-2-5-9-18)19-10-6-3-7-11-19/h2-15,24,26,28H,16-17H2,1H3,(H,31,33)/t24?,28-/m0/s1. The quantitative estimate of drug-likeness (QED) is 0.216. The third-order valence-electron chi connectivity index (χ3n) is 6.30. The Bertz CT molecular complexity index is 1350. The van der Waals surface area contributed by atoms with Crippen LogP contribution in [0.25, 0.3) is 0 Å². The monoisotopic (exact) mass is 580 g/mol. The van der Waals surface area contributed by atoms with Gasteiger partial charge in [-0.3, -0.25) is 14.5 Å². The molecule has 10 heteroatoms. The van der Waals surface area contributed by atoms with Crippen molar-refractivity contribution in [3.05, 3.63) is 113 Å². The average Bonchev–Trinajstić information content (AvgIpc) is 2.98. The number of carbonyl (C=O) groups is 3. The molecule has 3 aromatic carbocycles. The fourth-order valence-electron chi connectivity index (χ4n) is 4.38. The van der Waals surface area contributed by atoms with Gasteiger partial charge in [0.1, 0.15) is 17.2 Å². The maximum absolute atomic E-state index is 13.6. The molecule has 200 valence electrons. The maximum atomic E-state index is 13.6. The summed E-state index contributed by atoms with van der Waals surface area (Å²) in [4.78, 5) is 41.7. The highest BCUT2D eigenvalue weighted by Crippen LogP contribution is 2.41. The molecule has 39 heavy (non-hydrogen) atoms. The largest absolute Gasteiger partial charge is 0.498 e. The van der Waals surface area contributed by atoms with Gasteiger partial charge in [0.2, 0.25) is 5.91 Å². The summed E-state index contributed by atoms with van der Waals surface area (Å²) in [5, 5.41) is 3.00. The number of rotatable bonds is 9. The van der Waals surface area contributed by atoms with Crippen LogP contribution >= 0.6 is 35.1 Å². The van der Waals surface area contributed by atoms with Crippen molar-refractivity contribution in [2.75, 3.05) is 18.6 Å². The van der Waals surface area contributed by atoms with Crippen LogP contribution in [0, 0.1) is 0 Å². The number of hydrogen-bond acceptors (Lipinski definition) is 7. The molecule has 0 radical (unpaired) electrons. The molecule has 0 aromatic heterocycles. The van der Waals surface area contributed by atoms with Gasteiger partial charge in [0, 0.05) is 9.92 Å². The predicted octanol–water partition coefficient (Wildman–Crippen LogP) is 5.02. The van der Waals surface area contributed by atoms with Crippen LogP contribution in [0.15, 0.2) is 101 Å². The number of nitrogens with one attached hydrogen (secondary N) is 1. The van der Waals surface area contributed by atoms with Crippen molar-refractivity contribution < 1.29 is 23.9 Å². The van der Waals surface area contributed by atoms with Gasteiger partial charge in [-0.15, -0.1) is 23.5 Å². The molecule has 3 aromatic rings. The van der Waals surface area contributed by atoms with E-state index in [9.17, 15) is 14.4 Å². The lowest BCUT2D eigenvalue weighted by Crippen LogP contribution is -2.70. The van der Waals surface area contributed by atoms with Crippen LogP contribution in [-0.4, -0.2) is 52.7 Å². The first-order valence-corrected chi connectivity index (χ1v) is 14.6. The van der Waals surface area contributed by atoms with Crippen molar-refractivity contribution in [1.29, 1.82) is 0 Å². The van der Waals surface area contributed by atoms with Gasteiger partial charge in [0.25, 0.3) is 5.91 Å². The van der Waals surface area contributed by atoms with Gasteiger partial charge in [-0.2, -0.15) is 0 Å². The first-order valence-electron chi connectivity index (χ1n) is 12.2. The number of fused-ring (bicyclic) bond motifs is 1. The molecule has 1 saturated heterocycles. The fraction of sp³-hybridized carbons (Fsp3) is 0.207. The minimum atomic E-state index is -0.742. The number of methoxy groups -OCH3 is 1. The van der Waals surface area contributed by atoms with E-state index in [1.807, 2.05) is 72.8 Å². The number of amides is 2. The van der Waals surface area contributed by atoms with Crippen LogP contribution in [-0.2, 0) is 23.9 Å². The van der Waals surface area contributed by atoms with Gasteiger partial charge in [-0.25, -0.2) is 4.79 Å². The van der Waals surface area contributed by atoms with E-state index < -0.39 is 23.5 Å². The topological polar surface area (TPSA) is 84.9 Å². The molecule has 1 fully saturated rings. The molecular weight excluding hydrogens is 556 g/mol. The normalized spacial score (nSPS) is 18.3. The number of hydrogen-bond donors (Lipinski definition) is 1. The summed E-state index contributed by atoms with van der Waals surface area (Å²) >= 11 is 8.69. The summed E-state index contributed by atoms with van der Waals surface area (Å²) in [7, 11) is 1.47. The lowest BCUT2D eigenvalue weighted by molar-refractivity contribution is -0.155. The number of carbonyl (C=O) groups excluding carboxylic acids is 3. The molecule has 2 atom stereocenters. The number of β-lactam (4-membered cyclic amide) rings is 1. The first kappa shape index (κ1) is 27.2. The Morgan fingerprint density at radius 2 is 1.64 bits per heavy atom. The highest BCUT2D eigenvalue weighted by Gasteiger charge is 2.55. The lowest BCUT2D eigenvalue weighted by atomic mass is 10.0. The summed E-state index contributed by atoms with van der Waals surface area (Å²) < 4.78 is 11.5. The number of ether oxygens (including phenoxy) is 2. The number of thioether (sulfide) groups is 2. The Kier molecular flexibility index (Phi) is 8.50. The van der Waals surface area contributed by atoms with Crippen LogP contribution in [0.3, 0.4) is 0 Å². The molecule has 0 saturated carbocycles. The molecule has 2 aliphatic heterocycles. The Morgan fingerprint density at radius 1 is 1.03 bits per heavy atom. The molecule has 1 N–H and O–H groups in total. The fourth-order valence-corrected chi connectivity index (χ4v) is 6.53. The second-order valence-corrected chi connectivity index (χ2v) is 11.4. The van der Waals surface area contributed by atoms with Gasteiger partial charge >= 0.3 is 5.97 Å². The first-order chi connectivity index (χ1) is 19.0. The van der Waals surface area contributed by atoms with Gasteiger partial charge in [-0.05, 0) is 35.4 Å². The van der Waals surface area contributed by atoms with Crippen LogP contribution in [0.4, 0.5) is 0 Å². The molecule has 1 unspecified atom stereocenters. The van der Waals surface area contributed by atoms with E-state index in [1.54, 1.807) is 12.1 Å². The van der Waals surface area contributed by atoms with E-state index in [1.165, 1.54) is 35.5 Å². The van der Waals surface area contributed by atoms with Crippen molar-refractivity contribution in [2.45, 2.75) is 22.4 Å². The smallest absolute Gasteiger partial charge is 0.359 e. The van der Waals surface area contributed by atoms with Crippen LogP contribution < -0.4 is 5.32 Å². The van der Waals surface area contributed by atoms with Crippen LogP contribution in [0.2, 0.25) is 5.02 Å². The van der Waals surface area contributed by atoms with Gasteiger partial charge < -0.3 is 14.8 Å².